The fourth-order valence-corrected chi connectivity index (χ4v) is 5.25. The molecule has 0 aromatic heterocycles. The maximum absolute atomic E-state index is 14.2. The van der Waals surface area contributed by atoms with E-state index in [1.165, 1.54) is 18.2 Å². The molecule has 2 atom stereocenters. The van der Waals surface area contributed by atoms with Crippen LogP contribution in [0.1, 0.15) is 21.8 Å². The van der Waals surface area contributed by atoms with Crippen molar-refractivity contribution in [1.29, 1.82) is 0 Å². The van der Waals surface area contributed by atoms with Gasteiger partial charge in [-0.25, -0.2) is 8.78 Å². The molecule has 4 N–H and O–H groups in total. The van der Waals surface area contributed by atoms with Gasteiger partial charge in [0, 0.05) is 21.7 Å². The van der Waals surface area contributed by atoms with Gasteiger partial charge in [0.2, 0.25) is 5.91 Å². The van der Waals surface area contributed by atoms with Crippen molar-refractivity contribution < 1.29 is 18.4 Å². The molecule has 182 valence electrons. The highest BCUT2D eigenvalue weighted by molar-refractivity contribution is 6.53. The summed E-state index contributed by atoms with van der Waals surface area (Å²) in [4.78, 5) is 25.6. The smallest absolute Gasteiger partial charge is 0.257 e. The van der Waals surface area contributed by atoms with Gasteiger partial charge in [0.05, 0.1) is 22.2 Å². The molecule has 1 aliphatic rings. The molecule has 0 spiro atoms. The van der Waals surface area contributed by atoms with E-state index in [1.54, 1.807) is 18.2 Å². The Balaban J connectivity index is 1.52. The molecule has 3 aromatic rings. The van der Waals surface area contributed by atoms with Crippen molar-refractivity contribution in [2.75, 3.05) is 16.4 Å². The van der Waals surface area contributed by atoms with E-state index in [-0.39, 0.29) is 22.0 Å². The van der Waals surface area contributed by atoms with Crippen molar-refractivity contribution in [3.63, 3.8) is 0 Å². The van der Waals surface area contributed by atoms with E-state index in [4.69, 9.17) is 63.7 Å². The van der Waals surface area contributed by atoms with Crippen LogP contribution in [0.5, 0.6) is 0 Å². The summed E-state index contributed by atoms with van der Waals surface area (Å²) in [6, 6.07) is 10.8. The second kappa shape index (κ2) is 9.64. The Morgan fingerprint density at radius 3 is 2.23 bits per heavy atom. The fraction of sp³-hybridized carbons (Fsp3) is 0.130. The summed E-state index contributed by atoms with van der Waals surface area (Å²) in [5, 5.41) is 5.69. The zero-order valence-corrected chi connectivity index (χ0v) is 21.1. The average molecular weight is 580 g/mol. The van der Waals surface area contributed by atoms with Crippen LogP contribution < -0.4 is 16.4 Å². The van der Waals surface area contributed by atoms with E-state index in [9.17, 15) is 18.4 Å². The van der Waals surface area contributed by atoms with Crippen molar-refractivity contribution in [2.24, 2.45) is 5.92 Å². The van der Waals surface area contributed by atoms with Crippen LogP contribution in [0.4, 0.5) is 25.8 Å². The summed E-state index contributed by atoms with van der Waals surface area (Å²) in [5.74, 6) is -4.80. The van der Waals surface area contributed by atoms with Gasteiger partial charge in [-0.05, 0) is 54.1 Å². The van der Waals surface area contributed by atoms with Crippen LogP contribution >= 0.6 is 58.0 Å². The van der Waals surface area contributed by atoms with Crippen LogP contribution in [0.2, 0.25) is 15.1 Å². The largest absolute Gasteiger partial charge is 0.394 e. The summed E-state index contributed by atoms with van der Waals surface area (Å²) >= 11 is 31.0. The zero-order chi connectivity index (χ0) is 25.7. The Kier molecular flexibility index (Phi) is 7.10. The molecule has 0 saturated heterocycles. The summed E-state index contributed by atoms with van der Waals surface area (Å²) in [6.45, 7) is 0. The van der Waals surface area contributed by atoms with Gasteiger partial charge < -0.3 is 16.4 Å². The number of benzene rings is 3. The quantitative estimate of drug-likeness (QED) is 0.219. The minimum absolute atomic E-state index is 0.0258. The van der Waals surface area contributed by atoms with E-state index < -0.39 is 45.3 Å². The van der Waals surface area contributed by atoms with Gasteiger partial charge in [-0.15, -0.1) is 23.2 Å². The second-order valence-electron chi connectivity index (χ2n) is 7.79. The number of hydrogen-bond acceptors (Lipinski definition) is 3. The third-order valence-corrected chi connectivity index (χ3v) is 7.14. The van der Waals surface area contributed by atoms with Crippen LogP contribution in [0.3, 0.4) is 0 Å². The number of nitrogens with one attached hydrogen (secondary N) is 2. The Bertz CT molecular complexity index is 1350. The van der Waals surface area contributed by atoms with Crippen LogP contribution in [-0.4, -0.2) is 16.1 Å². The van der Waals surface area contributed by atoms with Gasteiger partial charge in [0.1, 0.15) is 15.8 Å². The molecule has 2 unspecified atom stereocenters. The summed E-state index contributed by atoms with van der Waals surface area (Å²) in [7, 11) is 0. The molecule has 1 fully saturated rings. The highest BCUT2D eigenvalue weighted by atomic mass is 35.5. The Morgan fingerprint density at radius 1 is 0.914 bits per heavy atom. The number of hydrogen-bond donors (Lipinski definition) is 3. The number of nitrogen functional groups attached to an aromatic ring is 1. The molecule has 0 radical (unpaired) electrons. The number of carbonyl (C=O) groups is 2. The number of alkyl halides is 2. The molecule has 0 bridgehead atoms. The highest BCUT2D eigenvalue weighted by Crippen LogP contribution is 2.65. The van der Waals surface area contributed by atoms with Gasteiger partial charge in [-0.3, -0.25) is 9.59 Å². The Morgan fingerprint density at radius 2 is 1.57 bits per heavy atom. The van der Waals surface area contributed by atoms with Crippen LogP contribution in [0.15, 0.2) is 48.5 Å². The van der Waals surface area contributed by atoms with E-state index in [0.717, 1.165) is 12.1 Å². The first-order valence-electron chi connectivity index (χ1n) is 9.89. The van der Waals surface area contributed by atoms with Crippen LogP contribution in [0.25, 0.3) is 0 Å². The van der Waals surface area contributed by atoms with Crippen molar-refractivity contribution in [1.82, 2.24) is 0 Å². The van der Waals surface area contributed by atoms with Gasteiger partial charge in [-0.2, -0.15) is 0 Å². The zero-order valence-electron chi connectivity index (χ0n) is 17.3. The first-order chi connectivity index (χ1) is 16.4. The van der Waals surface area contributed by atoms with Crippen LogP contribution in [-0.2, 0) is 4.79 Å². The minimum atomic E-state index is -1.40. The summed E-state index contributed by atoms with van der Waals surface area (Å²) < 4.78 is 26.2. The van der Waals surface area contributed by atoms with Crippen molar-refractivity contribution in [2.45, 2.75) is 10.3 Å². The standard InChI is InChI=1S/C23H14Cl5F2N3O2/c24-10-5-9(6-11(25)7-10)17-18(23(17,27)28)22(35)32-12-1-2-14(26)13(8-12)21(34)33-16-4-3-15(29)20(31)19(16)30/h1-8,17-18H,31H2,(H,32,35)(H,33,34). The lowest BCUT2D eigenvalue weighted by molar-refractivity contribution is -0.117. The van der Waals surface area contributed by atoms with Crippen molar-refractivity contribution >= 4 is 86.9 Å². The maximum atomic E-state index is 14.2. The summed E-state index contributed by atoms with van der Waals surface area (Å²) in [6.07, 6.45) is 0. The van der Waals surface area contributed by atoms with Crippen LogP contribution in [0, 0.1) is 17.6 Å². The van der Waals surface area contributed by atoms with Crippen molar-refractivity contribution in [3.05, 3.63) is 86.4 Å². The second-order valence-corrected chi connectivity index (χ2v) is 10.5. The van der Waals surface area contributed by atoms with Gasteiger partial charge >= 0.3 is 0 Å². The number of amides is 2. The number of anilines is 3. The molecule has 5 nitrogen and oxygen atoms in total. The normalized spacial score (nSPS) is 18.1. The number of rotatable bonds is 5. The fourth-order valence-electron chi connectivity index (χ4n) is 3.68. The summed E-state index contributed by atoms with van der Waals surface area (Å²) in [5.41, 5.74) is 4.98. The maximum Gasteiger partial charge on any atom is 0.257 e. The molecule has 3 aromatic carbocycles. The topological polar surface area (TPSA) is 84.2 Å². The number of halogens is 7. The molecule has 1 saturated carbocycles. The predicted octanol–water partition coefficient (Wildman–Crippen LogP) is 7.29. The lowest BCUT2D eigenvalue weighted by Crippen LogP contribution is -2.18. The first-order valence-corrected chi connectivity index (χ1v) is 11.8. The third kappa shape index (κ3) is 5.15. The minimum Gasteiger partial charge on any atom is -0.394 e. The van der Waals surface area contributed by atoms with Gasteiger partial charge in [0.25, 0.3) is 5.91 Å². The van der Waals surface area contributed by atoms with Gasteiger partial charge in [0.15, 0.2) is 5.82 Å². The molecule has 0 aliphatic heterocycles. The number of carbonyl (C=O) groups excluding carboxylic acids is 2. The SMILES string of the molecule is Nc1c(F)ccc(NC(=O)c2cc(NC(=O)C3C(c4cc(Cl)cc(Cl)c4)C3(Cl)Cl)ccc2Cl)c1F. The molecule has 2 amide bonds. The predicted molar refractivity (Wildman–Crippen MR) is 136 cm³/mol. The van der Waals surface area contributed by atoms with E-state index in [0.29, 0.717) is 15.6 Å². The first kappa shape index (κ1) is 25.8. The van der Waals surface area contributed by atoms with E-state index in [2.05, 4.69) is 10.6 Å². The number of nitrogens with two attached hydrogens (primary N) is 1. The molecular formula is C23H14Cl5F2N3O2. The molecule has 1 aliphatic carbocycles. The monoisotopic (exact) mass is 577 g/mol. The molecule has 12 heteroatoms. The molecule has 0 heterocycles. The van der Waals surface area contributed by atoms with E-state index >= 15 is 0 Å². The lowest BCUT2D eigenvalue weighted by atomic mass is 10.1. The Hall–Kier alpha value is -2.29. The van der Waals surface area contributed by atoms with Crippen molar-refractivity contribution in [3.8, 4) is 0 Å². The highest BCUT2D eigenvalue weighted by Gasteiger charge is 2.67. The molecular weight excluding hydrogens is 566 g/mol. The average Bonchev–Trinajstić information content (AvgIpc) is 3.36. The molecule has 35 heavy (non-hydrogen) atoms. The molecule has 4 rings (SSSR count). The van der Waals surface area contributed by atoms with Gasteiger partial charge in [-0.1, -0.05) is 34.8 Å². The van der Waals surface area contributed by atoms with E-state index in [1.807, 2.05) is 0 Å². The Labute approximate surface area is 223 Å². The lowest BCUT2D eigenvalue weighted by Gasteiger charge is -2.11. The third-order valence-electron chi connectivity index (χ3n) is 5.43.